The number of hydroxylamine groups is 1. The normalized spacial score (nSPS) is 20.7. The summed E-state index contributed by atoms with van der Waals surface area (Å²) < 4.78 is 23.9. The molecule has 2 fully saturated rings. The average Bonchev–Trinajstić information content (AvgIpc) is 3.33. The van der Waals surface area contributed by atoms with Gasteiger partial charge in [0.2, 0.25) is 0 Å². The smallest absolute Gasteiger partial charge is 0.318 e. The molecule has 1 aliphatic carbocycles. The molecule has 1 saturated carbocycles. The molecule has 188 valence electrons. The molecule has 1 unspecified atom stereocenters. The van der Waals surface area contributed by atoms with Gasteiger partial charge in [-0.2, -0.15) is 0 Å². The Hall–Kier alpha value is -2.79. The van der Waals surface area contributed by atoms with Gasteiger partial charge in [-0.25, -0.2) is 18.7 Å². The number of rotatable bonds is 6. The highest BCUT2D eigenvalue weighted by molar-refractivity contribution is 7.92. The molecule has 10 heteroatoms. The Labute approximate surface area is 206 Å². The van der Waals surface area contributed by atoms with Crippen LogP contribution in [0.1, 0.15) is 56.7 Å². The molecule has 3 aliphatic rings. The number of carbonyl (C=O) groups is 2. The maximum absolute atomic E-state index is 12.8. The second-order valence-corrected chi connectivity index (χ2v) is 12.4. The van der Waals surface area contributed by atoms with Crippen LogP contribution in [0.3, 0.4) is 0 Å². The van der Waals surface area contributed by atoms with Gasteiger partial charge in [0.05, 0.1) is 6.54 Å². The number of hydrogen-bond donors (Lipinski definition) is 2. The summed E-state index contributed by atoms with van der Waals surface area (Å²) >= 11 is 0. The fourth-order valence-corrected chi connectivity index (χ4v) is 5.84. The van der Waals surface area contributed by atoms with Crippen molar-refractivity contribution in [3.63, 3.8) is 0 Å². The van der Waals surface area contributed by atoms with Gasteiger partial charge in [0, 0.05) is 55.3 Å². The lowest BCUT2D eigenvalue weighted by Gasteiger charge is -2.43. The summed E-state index contributed by atoms with van der Waals surface area (Å²) in [4.78, 5) is 28.7. The molecule has 3 heterocycles. The maximum Gasteiger partial charge on any atom is 0.328 e. The quantitative estimate of drug-likeness (QED) is 0.349. The first-order chi connectivity index (χ1) is 16.6. The summed E-state index contributed by atoms with van der Waals surface area (Å²) in [7, 11) is -3.82. The van der Waals surface area contributed by atoms with E-state index in [4.69, 9.17) is 5.21 Å². The van der Waals surface area contributed by atoms with Crippen LogP contribution in [0.4, 0.5) is 4.79 Å². The minimum absolute atomic E-state index is 0.0449. The predicted molar refractivity (Wildman–Crippen MR) is 130 cm³/mol. The molecule has 0 radical (unpaired) electrons. The van der Waals surface area contributed by atoms with E-state index in [-0.39, 0.29) is 25.5 Å². The summed E-state index contributed by atoms with van der Waals surface area (Å²) in [6.07, 6.45) is 9.10. The fourth-order valence-electron chi connectivity index (χ4n) is 4.99. The Morgan fingerprint density at radius 3 is 2.57 bits per heavy atom. The lowest BCUT2D eigenvalue weighted by atomic mass is 9.89. The highest BCUT2D eigenvalue weighted by Gasteiger charge is 2.44. The topological polar surface area (TPSA) is 112 Å². The molecule has 1 aromatic heterocycles. The molecule has 1 aromatic rings. The van der Waals surface area contributed by atoms with Crippen molar-refractivity contribution in [1.29, 1.82) is 0 Å². The predicted octanol–water partition coefficient (Wildman–Crippen LogP) is 1.59. The van der Waals surface area contributed by atoms with Gasteiger partial charge < -0.3 is 4.90 Å². The van der Waals surface area contributed by atoms with Crippen LogP contribution in [0, 0.1) is 29.6 Å². The van der Waals surface area contributed by atoms with Gasteiger partial charge in [-0.3, -0.25) is 19.5 Å². The molecule has 1 atom stereocenters. The van der Waals surface area contributed by atoms with E-state index in [1.165, 1.54) is 54.0 Å². The molecular formula is C25H32N4O5S. The van der Waals surface area contributed by atoms with Crippen molar-refractivity contribution in [3.8, 4) is 23.7 Å². The highest BCUT2D eigenvalue weighted by Crippen LogP contribution is 2.28. The molecule has 4 rings (SSSR count). The van der Waals surface area contributed by atoms with Crippen molar-refractivity contribution in [2.75, 3.05) is 25.9 Å². The zero-order valence-corrected chi connectivity index (χ0v) is 21.0. The van der Waals surface area contributed by atoms with Crippen molar-refractivity contribution >= 4 is 21.8 Å². The van der Waals surface area contributed by atoms with Gasteiger partial charge >= 0.3 is 6.03 Å². The molecule has 35 heavy (non-hydrogen) atoms. The van der Waals surface area contributed by atoms with Crippen LogP contribution in [0.15, 0.2) is 12.3 Å². The third kappa shape index (κ3) is 5.25. The van der Waals surface area contributed by atoms with Crippen LogP contribution in [-0.2, 0) is 21.2 Å². The van der Waals surface area contributed by atoms with Gasteiger partial charge in [0.15, 0.2) is 14.6 Å². The number of hydrogen-bond acceptors (Lipinski definition) is 6. The lowest BCUT2D eigenvalue weighted by Crippen LogP contribution is -2.52. The first-order valence-corrected chi connectivity index (χ1v) is 13.9. The number of nitrogens with one attached hydrogen (secondary N) is 1. The number of nitrogens with zero attached hydrogens (tertiary/aromatic N) is 3. The monoisotopic (exact) mass is 500 g/mol. The van der Waals surface area contributed by atoms with Crippen molar-refractivity contribution < 1.29 is 23.2 Å². The van der Waals surface area contributed by atoms with Gasteiger partial charge in [-0.15, -0.1) is 0 Å². The van der Waals surface area contributed by atoms with Crippen LogP contribution in [0.2, 0.25) is 0 Å². The Kier molecular flexibility index (Phi) is 7.27. The van der Waals surface area contributed by atoms with Crippen molar-refractivity contribution in [2.24, 2.45) is 5.92 Å². The van der Waals surface area contributed by atoms with E-state index in [1.54, 1.807) is 6.20 Å². The minimum atomic E-state index is -3.82. The Balaban J connectivity index is 1.30. The molecule has 2 aliphatic heterocycles. The van der Waals surface area contributed by atoms with E-state index in [0.717, 1.165) is 31.1 Å². The summed E-state index contributed by atoms with van der Waals surface area (Å²) in [6, 6.07) is 2.24. The summed E-state index contributed by atoms with van der Waals surface area (Å²) in [5.74, 6) is 11.4. The van der Waals surface area contributed by atoms with E-state index in [2.05, 4.69) is 28.6 Å². The third-order valence-electron chi connectivity index (χ3n) is 7.53. The van der Waals surface area contributed by atoms with Gasteiger partial charge in [0.1, 0.15) is 0 Å². The second-order valence-electron chi connectivity index (χ2n) is 9.95. The number of likely N-dealkylation sites (tertiary alicyclic amines) is 1. The number of amides is 2. The standard InChI is InChI=1S/C25H32N4O5S/c1-25(23(30)26-32,35(2,33)34)12-13-27-18-22-14-19(17-29(22)24(27)31)8-6-7-9-20-15-28(16-20)21-10-4-3-5-11-21/h14,17,20-21,32H,3-5,10-13,15-16,18H2,1-2H3,(H,26,30). The third-order valence-corrected chi connectivity index (χ3v) is 9.56. The first-order valence-electron chi connectivity index (χ1n) is 12.0. The largest absolute Gasteiger partial charge is 0.328 e. The fraction of sp³-hybridized carbons (Fsp3) is 0.600. The van der Waals surface area contributed by atoms with E-state index in [0.29, 0.717) is 11.5 Å². The molecule has 1 saturated heterocycles. The van der Waals surface area contributed by atoms with Gasteiger partial charge in [0.25, 0.3) is 5.91 Å². The summed E-state index contributed by atoms with van der Waals surface area (Å²) in [6.45, 7) is 3.63. The highest BCUT2D eigenvalue weighted by atomic mass is 32.2. The van der Waals surface area contributed by atoms with Crippen molar-refractivity contribution in [2.45, 2.75) is 62.8 Å². The maximum atomic E-state index is 12.8. The van der Waals surface area contributed by atoms with E-state index in [9.17, 15) is 18.0 Å². The SMILES string of the molecule is CC(CCN1Cc2cc(C#CC#CC3CN(C4CCCCC4)C3)cn2C1=O)(C(=O)NO)S(C)(=O)=O. The second kappa shape index (κ2) is 10.1. The van der Waals surface area contributed by atoms with Crippen molar-refractivity contribution in [3.05, 3.63) is 23.5 Å². The number of fused-ring (bicyclic) bond motifs is 1. The van der Waals surface area contributed by atoms with Crippen LogP contribution in [0.25, 0.3) is 0 Å². The molecule has 2 amide bonds. The molecule has 9 nitrogen and oxygen atoms in total. The molecule has 0 bridgehead atoms. The van der Waals surface area contributed by atoms with Gasteiger partial charge in [-0.05, 0) is 44.1 Å². The number of carbonyl (C=O) groups excluding carboxylic acids is 2. The summed E-state index contributed by atoms with van der Waals surface area (Å²) in [5, 5.41) is 8.95. The first kappa shape index (κ1) is 25.3. The van der Waals surface area contributed by atoms with E-state index < -0.39 is 20.5 Å². The zero-order chi connectivity index (χ0) is 25.2. The van der Waals surface area contributed by atoms with Gasteiger partial charge in [-0.1, -0.05) is 31.1 Å². The Bertz CT molecular complexity index is 1220. The lowest BCUT2D eigenvalue weighted by molar-refractivity contribution is -0.131. The number of aromatic nitrogens is 1. The van der Waals surface area contributed by atoms with Crippen LogP contribution in [-0.4, -0.2) is 76.6 Å². The van der Waals surface area contributed by atoms with Crippen LogP contribution >= 0.6 is 0 Å². The average molecular weight is 501 g/mol. The molecule has 0 aromatic carbocycles. The molecule has 0 spiro atoms. The van der Waals surface area contributed by atoms with Crippen LogP contribution < -0.4 is 5.48 Å². The zero-order valence-electron chi connectivity index (χ0n) is 20.2. The Morgan fingerprint density at radius 1 is 1.23 bits per heavy atom. The molecular weight excluding hydrogens is 468 g/mol. The van der Waals surface area contributed by atoms with Crippen molar-refractivity contribution in [1.82, 2.24) is 19.8 Å². The minimum Gasteiger partial charge on any atom is -0.318 e. The van der Waals surface area contributed by atoms with E-state index in [1.807, 2.05) is 6.07 Å². The summed E-state index contributed by atoms with van der Waals surface area (Å²) in [5.41, 5.74) is 2.85. The van der Waals surface area contributed by atoms with E-state index >= 15 is 0 Å². The number of sulfone groups is 1. The van der Waals surface area contributed by atoms with Crippen LogP contribution in [0.5, 0.6) is 0 Å². The molecule has 2 N–H and O–H groups in total. The Morgan fingerprint density at radius 2 is 1.94 bits per heavy atom.